The van der Waals surface area contributed by atoms with Crippen LogP contribution in [0.1, 0.15) is 95.9 Å². The number of carbonyl (C=O) groups excluding carboxylic acids is 4. The summed E-state index contributed by atoms with van der Waals surface area (Å²) in [4.78, 5) is 61.4. The normalized spacial score (nSPS) is 25.8. The number of rotatable bonds is 22. The lowest BCUT2D eigenvalue weighted by Crippen LogP contribution is -2.57. The summed E-state index contributed by atoms with van der Waals surface area (Å²) in [5.74, 6) is 1.20. The van der Waals surface area contributed by atoms with E-state index in [0.717, 1.165) is 41.9 Å². The molecule has 7 N–H and O–H groups in total. The zero-order valence-electron chi connectivity index (χ0n) is 39.9. The molecule has 4 heterocycles. The van der Waals surface area contributed by atoms with Gasteiger partial charge in [0, 0.05) is 26.2 Å². The molecule has 4 fully saturated rings. The van der Waals surface area contributed by atoms with Crippen LogP contribution in [0.4, 0.5) is 0 Å². The van der Waals surface area contributed by atoms with Crippen molar-refractivity contribution in [1.29, 1.82) is 0 Å². The molecule has 1 unspecified atom stereocenters. The molecule has 4 aliphatic rings. The molecule has 0 bridgehead atoms. The third-order valence-corrected chi connectivity index (χ3v) is 16.7. The van der Waals surface area contributed by atoms with Crippen LogP contribution in [-0.4, -0.2) is 137 Å². The summed E-state index contributed by atoms with van der Waals surface area (Å²) in [6.45, 7) is 10.2. The topological polar surface area (TPSA) is 179 Å². The summed E-state index contributed by atoms with van der Waals surface area (Å²) in [6.07, 6.45) is 4.52. The predicted molar refractivity (Wildman–Crippen MR) is 277 cm³/mol. The number of nitrogens with zero attached hydrogens (tertiary/aromatic N) is 2. The van der Waals surface area contributed by atoms with E-state index in [9.17, 15) is 19.2 Å². The molecular weight excluding hydrogens is 925 g/mol. The van der Waals surface area contributed by atoms with E-state index in [1.807, 2.05) is 79.7 Å². The highest BCUT2D eigenvalue weighted by Gasteiger charge is 2.55. The number of unbranched alkanes of at least 4 members (excludes halogenated alkanes) is 1. The van der Waals surface area contributed by atoms with E-state index < -0.39 is 41.0 Å². The van der Waals surface area contributed by atoms with Gasteiger partial charge in [-0.1, -0.05) is 113 Å². The highest BCUT2D eigenvalue weighted by atomic mass is 32.2. The number of benzene rings is 2. The molecule has 67 heavy (non-hydrogen) atoms. The van der Waals surface area contributed by atoms with E-state index in [0.29, 0.717) is 55.4 Å². The molecule has 0 saturated carbocycles. The molecule has 2 aromatic rings. The number of nitrogens with two attached hydrogens (primary N) is 1. The van der Waals surface area contributed by atoms with Gasteiger partial charge in [-0.2, -0.15) is 0 Å². The van der Waals surface area contributed by atoms with Gasteiger partial charge < -0.3 is 51.6 Å². The van der Waals surface area contributed by atoms with Gasteiger partial charge in [0.25, 0.3) is 0 Å². The molecule has 18 heteroatoms. The van der Waals surface area contributed by atoms with Crippen LogP contribution in [0.5, 0.6) is 0 Å². The van der Waals surface area contributed by atoms with Crippen LogP contribution in [0.3, 0.4) is 0 Å². The Bertz CT molecular complexity index is 2020. The molecule has 368 valence electrons. The van der Waals surface area contributed by atoms with E-state index in [1.165, 1.54) is 0 Å². The SMILES string of the molecule is CNCC(=S)N[C@H]1CCS[C@H]2CC(C)(C)[C@@H](C(=O)N[C@H](COCCCCOC[C@@H](NC(=O)[C@H]3N4C(=O)CC(C[C@H](NC)C(N)=S)CS[C@H]4CC3(C)C)c3ccccc3)c3ccccc3)N2C1=O. The Morgan fingerprint density at radius 1 is 0.806 bits per heavy atom. The van der Waals surface area contributed by atoms with Crippen LogP contribution < -0.4 is 32.3 Å². The average molecular weight is 997 g/mol. The Morgan fingerprint density at radius 3 is 1.84 bits per heavy atom. The zero-order valence-corrected chi connectivity index (χ0v) is 43.2. The number of thiocarbonyl (C=S) groups is 2. The molecule has 4 aliphatic heterocycles. The number of hydrogen-bond donors (Lipinski definition) is 6. The van der Waals surface area contributed by atoms with Gasteiger partial charge >= 0.3 is 0 Å². The summed E-state index contributed by atoms with van der Waals surface area (Å²) in [5, 5.41) is 15.8. The Hall–Kier alpha value is -3.36. The second kappa shape index (κ2) is 24.5. The number of fused-ring (bicyclic) bond motifs is 2. The van der Waals surface area contributed by atoms with Gasteiger partial charge in [0.2, 0.25) is 23.6 Å². The van der Waals surface area contributed by atoms with Crippen molar-refractivity contribution >= 4 is 81.6 Å². The summed E-state index contributed by atoms with van der Waals surface area (Å²) in [5.41, 5.74) is 6.94. The van der Waals surface area contributed by atoms with Crippen LogP contribution in [0.2, 0.25) is 0 Å². The highest BCUT2D eigenvalue weighted by Crippen LogP contribution is 2.48. The molecule has 0 spiro atoms. The summed E-state index contributed by atoms with van der Waals surface area (Å²) in [7, 11) is 3.64. The summed E-state index contributed by atoms with van der Waals surface area (Å²) < 4.78 is 12.5. The van der Waals surface area contributed by atoms with Gasteiger partial charge in [-0.15, -0.1) is 23.5 Å². The first-order chi connectivity index (χ1) is 32.0. The lowest BCUT2D eigenvalue weighted by Gasteiger charge is -2.35. The van der Waals surface area contributed by atoms with E-state index in [2.05, 4.69) is 54.3 Å². The Kier molecular flexibility index (Phi) is 19.3. The van der Waals surface area contributed by atoms with E-state index in [1.54, 1.807) is 28.4 Å². The molecule has 2 aromatic carbocycles. The number of amides is 4. The number of likely N-dealkylation sites (N-methyl/N-ethyl adjacent to an activating group) is 2. The molecule has 9 atom stereocenters. The van der Waals surface area contributed by atoms with Crippen molar-refractivity contribution in [1.82, 2.24) is 36.4 Å². The molecule has 4 amide bonds. The lowest BCUT2D eigenvalue weighted by atomic mass is 9.83. The number of nitrogens with one attached hydrogen (secondary N) is 5. The maximum absolute atomic E-state index is 14.4. The second-order valence-electron chi connectivity index (χ2n) is 19.6. The minimum atomic E-state index is -0.658. The predicted octanol–water partition coefficient (Wildman–Crippen LogP) is 5.08. The van der Waals surface area contributed by atoms with Crippen molar-refractivity contribution in [2.75, 3.05) is 58.6 Å². The monoisotopic (exact) mass is 996 g/mol. The average Bonchev–Trinajstić information content (AvgIpc) is 3.61. The minimum Gasteiger partial charge on any atom is -0.392 e. The fourth-order valence-corrected chi connectivity index (χ4v) is 13.8. The van der Waals surface area contributed by atoms with Crippen molar-refractivity contribution in [2.45, 2.75) is 120 Å². The van der Waals surface area contributed by atoms with Gasteiger partial charge in [0.1, 0.15) is 18.1 Å². The zero-order chi connectivity index (χ0) is 48.3. The fourth-order valence-electron chi connectivity index (χ4n) is 10.0. The van der Waals surface area contributed by atoms with Crippen molar-refractivity contribution in [3.05, 3.63) is 71.8 Å². The van der Waals surface area contributed by atoms with Gasteiger partial charge in [-0.25, -0.2) is 0 Å². The Balaban J connectivity index is 1.01. The molecule has 14 nitrogen and oxygen atoms in total. The maximum Gasteiger partial charge on any atom is 0.246 e. The Morgan fingerprint density at radius 2 is 1.33 bits per heavy atom. The number of carbonyl (C=O) groups is 4. The highest BCUT2D eigenvalue weighted by molar-refractivity contribution is 8.00. The third-order valence-electron chi connectivity index (χ3n) is 13.5. The van der Waals surface area contributed by atoms with Gasteiger partial charge in [0.05, 0.1) is 52.1 Å². The summed E-state index contributed by atoms with van der Waals surface area (Å²) in [6, 6.07) is 16.8. The molecule has 6 rings (SSSR count). The molecular formula is C49H72N8O6S4. The molecule has 4 saturated heterocycles. The first-order valence-electron chi connectivity index (χ1n) is 23.7. The van der Waals surface area contributed by atoms with Crippen molar-refractivity contribution in [3.8, 4) is 0 Å². The van der Waals surface area contributed by atoms with Crippen molar-refractivity contribution in [3.63, 3.8) is 0 Å². The van der Waals surface area contributed by atoms with E-state index in [-0.39, 0.29) is 59.5 Å². The molecule has 0 radical (unpaired) electrons. The van der Waals surface area contributed by atoms with Crippen LogP contribution >= 0.6 is 48.0 Å². The maximum atomic E-state index is 14.4. The molecule has 0 aliphatic carbocycles. The van der Waals surface area contributed by atoms with Gasteiger partial charge in [-0.3, -0.25) is 19.2 Å². The van der Waals surface area contributed by atoms with E-state index >= 15 is 0 Å². The fraction of sp³-hybridized carbons (Fsp3) is 0.633. The van der Waals surface area contributed by atoms with Gasteiger partial charge in [-0.05, 0) is 92.0 Å². The standard InChI is InChI=1S/C49H72N8O6S4/c1-48(2)25-40-56(39(58)24-31(30-67-40)23-35(52-6)44(50)65)42(48)45(59)54-36(32-15-9-7-10-16-32)28-62-20-13-14-21-63-29-37(33-17-11-8-12-18-33)55-46(60)43-49(3,4)26-41-57(43)47(61)34(19-22-66-41)53-38(64)27-51-5/h7-12,15-18,31,34-37,40-43,51-52H,13-14,19-30H2,1-6H3,(H2,50,65)(H,53,64)(H,54,59)(H,55,60)/t31?,34-,35-,36+,37+,40-,41-,42+,43+/m0/s1. The molecule has 0 aromatic heterocycles. The Labute approximate surface area is 416 Å². The van der Waals surface area contributed by atoms with Gasteiger partial charge in [0.15, 0.2) is 0 Å². The van der Waals surface area contributed by atoms with E-state index in [4.69, 9.17) is 39.6 Å². The smallest absolute Gasteiger partial charge is 0.246 e. The third kappa shape index (κ3) is 13.7. The largest absolute Gasteiger partial charge is 0.392 e. The minimum absolute atomic E-state index is 0.0109. The van der Waals surface area contributed by atoms with Crippen LogP contribution in [-0.2, 0) is 28.7 Å². The first-order valence-corrected chi connectivity index (χ1v) is 26.6. The number of thioether (sulfide) groups is 2. The van der Waals surface area contributed by atoms with Crippen LogP contribution in [0.15, 0.2) is 60.7 Å². The number of ether oxygens (including phenoxy) is 2. The quantitative estimate of drug-likeness (QED) is 0.0680. The van der Waals surface area contributed by atoms with Crippen molar-refractivity contribution < 1.29 is 28.7 Å². The lowest BCUT2D eigenvalue weighted by molar-refractivity contribution is -0.142. The van der Waals surface area contributed by atoms with Crippen LogP contribution in [0, 0.1) is 16.7 Å². The van der Waals surface area contributed by atoms with Crippen molar-refractivity contribution in [2.24, 2.45) is 22.5 Å². The summed E-state index contributed by atoms with van der Waals surface area (Å²) >= 11 is 14.2. The van der Waals surface area contributed by atoms with Crippen LogP contribution in [0.25, 0.3) is 0 Å². The first kappa shape index (κ1) is 53.0. The second-order valence-corrected chi connectivity index (χ2v) is 23.1. The number of hydrogen-bond acceptors (Lipinski definition) is 12.